The molecule has 0 fully saturated rings. The molecule has 0 atom stereocenters. The van der Waals surface area contributed by atoms with Crippen molar-refractivity contribution in [1.29, 1.82) is 0 Å². The third-order valence-electron chi connectivity index (χ3n) is 1.61. The summed E-state index contributed by atoms with van der Waals surface area (Å²) in [4.78, 5) is 0. The second-order valence-electron chi connectivity index (χ2n) is 3.15. The van der Waals surface area contributed by atoms with Crippen molar-refractivity contribution in [3.63, 3.8) is 0 Å². The van der Waals surface area contributed by atoms with E-state index in [1.165, 1.54) is 5.57 Å². The number of hydrogen-bond acceptors (Lipinski definition) is 3. The van der Waals surface area contributed by atoms with E-state index >= 15 is 0 Å². The number of ether oxygens (including phenoxy) is 1. The van der Waals surface area contributed by atoms with Gasteiger partial charge in [-0.25, -0.2) is 0 Å². The van der Waals surface area contributed by atoms with Crippen LogP contribution in [0.2, 0.25) is 0 Å². The molecule has 2 N–H and O–H groups in total. The minimum absolute atomic E-state index is 0.114. The average molecular weight is 187 g/mol. The van der Waals surface area contributed by atoms with Gasteiger partial charge in [0.15, 0.2) is 0 Å². The maximum absolute atomic E-state index is 8.42. The molecule has 0 saturated carbocycles. The fourth-order valence-electron chi connectivity index (χ4n) is 0.893. The lowest BCUT2D eigenvalue weighted by molar-refractivity contribution is 0.0908. The molecular formula is C10H21NO2. The molecule has 0 saturated heterocycles. The number of aliphatic hydroxyl groups excluding tert-OH is 1. The number of nitrogens with one attached hydrogen (secondary N) is 1. The van der Waals surface area contributed by atoms with Gasteiger partial charge in [0.25, 0.3) is 0 Å². The predicted molar refractivity (Wildman–Crippen MR) is 54.8 cm³/mol. The minimum Gasteiger partial charge on any atom is -0.394 e. The molecule has 0 unspecified atom stereocenters. The van der Waals surface area contributed by atoms with Gasteiger partial charge in [-0.2, -0.15) is 0 Å². The fourth-order valence-corrected chi connectivity index (χ4v) is 0.893. The van der Waals surface area contributed by atoms with Gasteiger partial charge in [0.2, 0.25) is 0 Å². The summed E-state index contributed by atoms with van der Waals surface area (Å²) in [7, 11) is 0. The zero-order valence-corrected chi connectivity index (χ0v) is 8.51. The van der Waals surface area contributed by atoms with Crippen molar-refractivity contribution in [3.8, 4) is 0 Å². The molecule has 0 rings (SSSR count). The smallest absolute Gasteiger partial charge is 0.0697 e. The molecule has 0 amide bonds. The Balaban J connectivity index is 2.87. The molecule has 0 heterocycles. The van der Waals surface area contributed by atoms with Crippen LogP contribution in [0.5, 0.6) is 0 Å². The molecule has 3 heteroatoms. The summed E-state index contributed by atoms with van der Waals surface area (Å²) in [5.41, 5.74) is 1.21. The van der Waals surface area contributed by atoms with E-state index in [-0.39, 0.29) is 6.61 Å². The van der Waals surface area contributed by atoms with E-state index in [1.54, 1.807) is 0 Å². The highest BCUT2D eigenvalue weighted by molar-refractivity contribution is 4.87. The summed E-state index contributed by atoms with van der Waals surface area (Å²) in [6.45, 7) is 9.11. The van der Waals surface area contributed by atoms with Crippen LogP contribution in [-0.2, 0) is 4.74 Å². The fraction of sp³-hybridized carbons (Fsp3) is 0.800. The Morgan fingerprint density at radius 1 is 1.38 bits per heavy atom. The Morgan fingerprint density at radius 2 is 2.15 bits per heavy atom. The van der Waals surface area contributed by atoms with Gasteiger partial charge in [0.1, 0.15) is 0 Å². The molecule has 0 aliphatic heterocycles. The van der Waals surface area contributed by atoms with Crippen LogP contribution < -0.4 is 5.32 Å². The van der Waals surface area contributed by atoms with Crippen LogP contribution in [0.4, 0.5) is 0 Å². The molecule has 0 aromatic rings. The Labute approximate surface area is 80.8 Å². The maximum Gasteiger partial charge on any atom is 0.0697 e. The lowest BCUT2D eigenvalue weighted by Gasteiger charge is -2.04. The van der Waals surface area contributed by atoms with Gasteiger partial charge in [-0.05, 0) is 32.9 Å². The van der Waals surface area contributed by atoms with Crippen molar-refractivity contribution in [1.82, 2.24) is 5.32 Å². The lowest BCUT2D eigenvalue weighted by Crippen LogP contribution is -2.18. The zero-order chi connectivity index (χ0) is 9.94. The van der Waals surface area contributed by atoms with E-state index in [1.807, 2.05) is 6.92 Å². The van der Waals surface area contributed by atoms with Crippen molar-refractivity contribution < 1.29 is 9.84 Å². The van der Waals surface area contributed by atoms with Crippen LogP contribution in [0, 0.1) is 0 Å². The van der Waals surface area contributed by atoms with Crippen LogP contribution in [-0.4, -0.2) is 38.0 Å². The van der Waals surface area contributed by atoms with Crippen LogP contribution in [0.1, 0.15) is 19.8 Å². The molecule has 0 aliphatic rings. The van der Waals surface area contributed by atoms with E-state index in [0.29, 0.717) is 6.61 Å². The monoisotopic (exact) mass is 187 g/mol. The summed E-state index contributed by atoms with van der Waals surface area (Å²) < 4.78 is 5.10. The first-order valence-electron chi connectivity index (χ1n) is 4.81. The van der Waals surface area contributed by atoms with E-state index in [2.05, 4.69) is 11.9 Å². The molecule has 0 bridgehead atoms. The van der Waals surface area contributed by atoms with Crippen LogP contribution in [0.25, 0.3) is 0 Å². The van der Waals surface area contributed by atoms with E-state index in [4.69, 9.17) is 9.84 Å². The van der Waals surface area contributed by atoms with Gasteiger partial charge in [-0.15, -0.1) is 6.58 Å². The topological polar surface area (TPSA) is 41.5 Å². The largest absolute Gasteiger partial charge is 0.394 e. The quantitative estimate of drug-likeness (QED) is 0.417. The molecule has 0 radical (unpaired) electrons. The Kier molecular flexibility index (Phi) is 9.42. The third-order valence-corrected chi connectivity index (χ3v) is 1.61. The summed E-state index contributed by atoms with van der Waals surface area (Å²) in [5.74, 6) is 0. The second kappa shape index (κ2) is 9.71. The SMILES string of the molecule is C=C(C)CCNCCCOCCO. The third kappa shape index (κ3) is 11.6. The van der Waals surface area contributed by atoms with Crippen molar-refractivity contribution in [3.05, 3.63) is 12.2 Å². The summed E-state index contributed by atoms with van der Waals surface area (Å²) in [6.07, 6.45) is 2.04. The molecule has 78 valence electrons. The van der Waals surface area contributed by atoms with Gasteiger partial charge in [0.05, 0.1) is 13.2 Å². The maximum atomic E-state index is 8.42. The standard InChI is InChI=1S/C10H21NO2/c1-10(2)4-6-11-5-3-8-13-9-7-12/h11-12H,1,3-9H2,2H3. The van der Waals surface area contributed by atoms with Gasteiger partial charge < -0.3 is 15.2 Å². The molecular weight excluding hydrogens is 166 g/mol. The zero-order valence-electron chi connectivity index (χ0n) is 8.51. The van der Waals surface area contributed by atoms with Crippen molar-refractivity contribution >= 4 is 0 Å². The minimum atomic E-state index is 0.114. The van der Waals surface area contributed by atoms with Crippen molar-refractivity contribution in [2.75, 3.05) is 32.9 Å². The van der Waals surface area contributed by atoms with E-state index < -0.39 is 0 Å². The molecule has 0 aromatic carbocycles. The van der Waals surface area contributed by atoms with Crippen LogP contribution in [0.3, 0.4) is 0 Å². The highest BCUT2D eigenvalue weighted by Crippen LogP contribution is 1.91. The molecule has 3 nitrogen and oxygen atoms in total. The van der Waals surface area contributed by atoms with Crippen molar-refractivity contribution in [2.24, 2.45) is 0 Å². The first kappa shape index (κ1) is 12.6. The highest BCUT2D eigenvalue weighted by Gasteiger charge is 1.89. The van der Waals surface area contributed by atoms with Crippen molar-refractivity contribution in [2.45, 2.75) is 19.8 Å². The summed E-state index contributed by atoms with van der Waals surface area (Å²) >= 11 is 0. The Morgan fingerprint density at radius 3 is 2.77 bits per heavy atom. The van der Waals surface area contributed by atoms with Crippen LogP contribution in [0.15, 0.2) is 12.2 Å². The van der Waals surface area contributed by atoms with E-state index in [0.717, 1.165) is 32.5 Å². The number of rotatable bonds is 9. The molecule has 13 heavy (non-hydrogen) atoms. The Bertz CT molecular complexity index is 126. The van der Waals surface area contributed by atoms with Gasteiger partial charge in [-0.3, -0.25) is 0 Å². The average Bonchev–Trinajstić information content (AvgIpc) is 2.09. The van der Waals surface area contributed by atoms with Gasteiger partial charge in [-0.1, -0.05) is 5.57 Å². The summed E-state index contributed by atoms with van der Waals surface area (Å²) in [6, 6.07) is 0. The highest BCUT2D eigenvalue weighted by atomic mass is 16.5. The first-order valence-corrected chi connectivity index (χ1v) is 4.81. The molecule has 0 aromatic heterocycles. The van der Waals surface area contributed by atoms with Crippen LogP contribution >= 0.6 is 0 Å². The normalized spacial score (nSPS) is 10.3. The lowest BCUT2D eigenvalue weighted by atomic mass is 10.2. The molecule has 0 spiro atoms. The number of aliphatic hydroxyl groups is 1. The Hall–Kier alpha value is -0.380. The summed E-state index contributed by atoms with van der Waals surface area (Å²) in [5, 5.41) is 11.7. The predicted octanol–water partition coefficient (Wildman–Crippen LogP) is 0.941. The van der Waals surface area contributed by atoms with E-state index in [9.17, 15) is 0 Å². The second-order valence-corrected chi connectivity index (χ2v) is 3.15. The number of hydrogen-bond donors (Lipinski definition) is 2. The first-order chi connectivity index (χ1) is 6.27. The van der Waals surface area contributed by atoms with Gasteiger partial charge in [0, 0.05) is 6.61 Å². The van der Waals surface area contributed by atoms with Gasteiger partial charge >= 0.3 is 0 Å². The molecule has 0 aliphatic carbocycles.